The van der Waals surface area contributed by atoms with Gasteiger partial charge in [0.25, 0.3) is 0 Å². The summed E-state index contributed by atoms with van der Waals surface area (Å²) in [6, 6.07) is 10.7. The van der Waals surface area contributed by atoms with Crippen LogP contribution in [0.3, 0.4) is 0 Å². The molecule has 4 rings (SSSR count). The van der Waals surface area contributed by atoms with Crippen LogP contribution in [0.25, 0.3) is 0 Å². The molecule has 1 fully saturated rings. The molecule has 2 amide bonds. The van der Waals surface area contributed by atoms with Crippen molar-refractivity contribution in [3.05, 3.63) is 57.3 Å². The van der Waals surface area contributed by atoms with Gasteiger partial charge in [-0.1, -0.05) is 38.1 Å². The van der Waals surface area contributed by atoms with Crippen molar-refractivity contribution in [1.82, 2.24) is 14.7 Å². The molecule has 2 aromatic rings. The van der Waals surface area contributed by atoms with E-state index in [-0.39, 0.29) is 29.8 Å². The van der Waals surface area contributed by atoms with E-state index in [2.05, 4.69) is 54.5 Å². The van der Waals surface area contributed by atoms with Crippen LogP contribution in [-0.2, 0) is 16.0 Å². The van der Waals surface area contributed by atoms with Gasteiger partial charge >= 0.3 is 0 Å². The van der Waals surface area contributed by atoms with E-state index in [1.165, 1.54) is 21.6 Å². The van der Waals surface area contributed by atoms with Crippen LogP contribution in [0, 0.1) is 12.8 Å². The van der Waals surface area contributed by atoms with Crippen molar-refractivity contribution in [3.8, 4) is 0 Å². The minimum absolute atomic E-state index is 0.000739. The summed E-state index contributed by atoms with van der Waals surface area (Å²) in [5.41, 5.74) is 3.90. The third-order valence-corrected chi connectivity index (χ3v) is 7.95. The van der Waals surface area contributed by atoms with Crippen LogP contribution in [0.15, 0.2) is 35.7 Å². The average Bonchev–Trinajstić information content (AvgIpc) is 3.13. The summed E-state index contributed by atoms with van der Waals surface area (Å²) in [5, 5.41) is 2.18. The third-order valence-electron chi connectivity index (χ3n) is 6.95. The number of hydrogen-bond acceptors (Lipinski definition) is 4. The van der Waals surface area contributed by atoms with E-state index < -0.39 is 0 Å². The first-order valence-corrected chi connectivity index (χ1v) is 12.7. The van der Waals surface area contributed by atoms with Crippen LogP contribution in [0.1, 0.15) is 54.8 Å². The quantitative estimate of drug-likeness (QED) is 0.700. The standard InChI is InChI=1S/C26H35N3O2S/c1-18(2)25(30)27-12-7-13-28(16-15-27)26(31)20(4)29-14-10-23-22(11-17-32-23)24(29)21-9-6-5-8-19(21)3/h5-6,8-9,11,17-18,20,24H,7,10,12-16H2,1-4H3/t20-,24-/m1/s1. The summed E-state index contributed by atoms with van der Waals surface area (Å²) in [4.78, 5) is 33.8. The minimum Gasteiger partial charge on any atom is -0.341 e. The van der Waals surface area contributed by atoms with Crippen molar-refractivity contribution in [2.75, 3.05) is 32.7 Å². The van der Waals surface area contributed by atoms with Crippen LogP contribution >= 0.6 is 11.3 Å². The lowest BCUT2D eigenvalue weighted by Gasteiger charge is -2.41. The fourth-order valence-corrected chi connectivity index (χ4v) is 6.03. The van der Waals surface area contributed by atoms with Gasteiger partial charge in [0, 0.05) is 43.5 Å². The van der Waals surface area contributed by atoms with E-state index in [0.29, 0.717) is 13.1 Å². The Kier molecular flexibility index (Phi) is 7.01. The summed E-state index contributed by atoms with van der Waals surface area (Å²) in [7, 11) is 0. The number of carbonyl (C=O) groups excluding carboxylic acids is 2. The highest BCUT2D eigenvalue weighted by Crippen LogP contribution is 2.40. The van der Waals surface area contributed by atoms with Crippen molar-refractivity contribution in [1.29, 1.82) is 0 Å². The molecule has 0 unspecified atom stereocenters. The highest BCUT2D eigenvalue weighted by molar-refractivity contribution is 7.10. The molecule has 0 saturated carbocycles. The minimum atomic E-state index is -0.208. The van der Waals surface area contributed by atoms with Crippen molar-refractivity contribution in [2.24, 2.45) is 5.92 Å². The maximum atomic E-state index is 13.7. The molecule has 0 N–H and O–H groups in total. The van der Waals surface area contributed by atoms with Crippen molar-refractivity contribution >= 4 is 23.2 Å². The molecule has 0 aliphatic carbocycles. The Morgan fingerprint density at radius 3 is 2.28 bits per heavy atom. The Balaban J connectivity index is 1.55. The second-order valence-corrected chi connectivity index (χ2v) is 10.4. The fourth-order valence-electron chi connectivity index (χ4n) is 5.12. The Bertz CT molecular complexity index is 969. The Morgan fingerprint density at radius 2 is 1.59 bits per heavy atom. The van der Waals surface area contributed by atoms with Gasteiger partial charge in [-0.2, -0.15) is 0 Å². The monoisotopic (exact) mass is 453 g/mol. The van der Waals surface area contributed by atoms with Gasteiger partial charge in [-0.25, -0.2) is 0 Å². The van der Waals surface area contributed by atoms with Gasteiger partial charge in [-0.15, -0.1) is 11.3 Å². The Labute approximate surface area is 196 Å². The smallest absolute Gasteiger partial charge is 0.239 e. The van der Waals surface area contributed by atoms with E-state index >= 15 is 0 Å². The van der Waals surface area contributed by atoms with Crippen LogP contribution in [-0.4, -0.2) is 65.3 Å². The van der Waals surface area contributed by atoms with Gasteiger partial charge in [0.15, 0.2) is 0 Å². The number of aryl methyl sites for hydroxylation is 1. The lowest BCUT2D eigenvalue weighted by Crippen LogP contribution is -2.51. The summed E-state index contributed by atoms with van der Waals surface area (Å²) < 4.78 is 0. The van der Waals surface area contributed by atoms with Crippen molar-refractivity contribution in [3.63, 3.8) is 0 Å². The molecule has 0 radical (unpaired) electrons. The Morgan fingerprint density at radius 1 is 0.906 bits per heavy atom. The largest absolute Gasteiger partial charge is 0.341 e. The molecule has 172 valence electrons. The number of thiophene rings is 1. The average molecular weight is 454 g/mol. The molecule has 2 atom stereocenters. The zero-order valence-electron chi connectivity index (χ0n) is 19.7. The van der Waals surface area contributed by atoms with Gasteiger partial charge in [-0.05, 0) is 54.8 Å². The third kappa shape index (κ3) is 4.48. The van der Waals surface area contributed by atoms with Gasteiger partial charge in [-0.3, -0.25) is 14.5 Å². The van der Waals surface area contributed by atoms with E-state index in [0.717, 1.165) is 32.5 Å². The zero-order chi connectivity index (χ0) is 22.8. The van der Waals surface area contributed by atoms with E-state index in [1.807, 2.05) is 35.0 Å². The number of hydrogen-bond donors (Lipinski definition) is 0. The van der Waals surface area contributed by atoms with Gasteiger partial charge in [0.2, 0.25) is 11.8 Å². The number of nitrogens with zero attached hydrogens (tertiary/aromatic N) is 3. The molecule has 2 aliphatic rings. The number of fused-ring (bicyclic) bond motifs is 1. The van der Waals surface area contributed by atoms with Crippen LogP contribution in [0.5, 0.6) is 0 Å². The molecule has 1 aromatic heterocycles. The molecule has 1 saturated heterocycles. The normalized spacial score (nSPS) is 20.7. The molecule has 32 heavy (non-hydrogen) atoms. The highest BCUT2D eigenvalue weighted by Gasteiger charge is 2.37. The molecule has 3 heterocycles. The maximum absolute atomic E-state index is 13.7. The summed E-state index contributed by atoms with van der Waals surface area (Å²) in [5.74, 6) is 0.369. The summed E-state index contributed by atoms with van der Waals surface area (Å²) >= 11 is 1.83. The number of rotatable bonds is 4. The number of carbonyl (C=O) groups is 2. The van der Waals surface area contributed by atoms with E-state index in [1.54, 1.807) is 0 Å². The van der Waals surface area contributed by atoms with Crippen LogP contribution < -0.4 is 0 Å². The first-order chi connectivity index (χ1) is 15.4. The van der Waals surface area contributed by atoms with Crippen LogP contribution in [0.4, 0.5) is 0 Å². The lowest BCUT2D eigenvalue weighted by molar-refractivity contribution is -0.138. The van der Waals surface area contributed by atoms with E-state index in [9.17, 15) is 9.59 Å². The topological polar surface area (TPSA) is 43.9 Å². The second kappa shape index (κ2) is 9.75. The fraction of sp³-hybridized carbons (Fsp3) is 0.538. The van der Waals surface area contributed by atoms with E-state index in [4.69, 9.17) is 0 Å². The highest BCUT2D eigenvalue weighted by atomic mass is 32.1. The van der Waals surface area contributed by atoms with Crippen molar-refractivity contribution in [2.45, 2.75) is 52.6 Å². The van der Waals surface area contributed by atoms with Gasteiger partial charge in [0.1, 0.15) is 0 Å². The molecular formula is C26H35N3O2S. The molecular weight excluding hydrogens is 418 g/mol. The zero-order valence-corrected chi connectivity index (χ0v) is 20.5. The summed E-state index contributed by atoms with van der Waals surface area (Å²) in [6.45, 7) is 11.7. The first kappa shape index (κ1) is 23.0. The molecule has 1 aromatic carbocycles. The van der Waals surface area contributed by atoms with Crippen LogP contribution in [0.2, 0.25) is 0 Å². The molecule has 6 heteroatoms. The second-order valence-electron chi connectivity index (χ2n) is 9.38. The molecule has 2 aliphatic heterocycles. The molecule has 0 bridgehead atoms. The number of benzene rings is 1. The molecule has 5 nitrogen and oxygen atoms in total. The lowest BCUT2D eigenvalue weighted by atomic mass is 9.89. The van der Waals surface area contributed by atoms with Gasteiger partial charge in [0.05, 0.1) is 12.1 Å². The first-order valence-electron chi connectivity index (χ1n) is 11.8. The van der Waals surface area contributed by atoms with Crippen molar-refractivity contribution < 1.29 is 9.59 Å². The predicted octanol–water partition coefficient (Wildman–Crippen LogP) is 4.11. The summed E-state index contributed by atoms with van der Waals surface area (Å²) in [6.07, 6.45) is 1.83. The van der Waals surface area contributed by atoms with Gasteiger partial charge < -0.3 is 9.80 Å². The predicted molar refractivity (Wildman–Crippen MR) is 130 cm³/mol. The SMILES string of the molecule is Cc1ccccc1[C@@H]1c2ccsc2CCN1[C@H](C)C(=O)N1CCCN(C(=O)C(C)C)CC1. The number of amides is 2. The maximum Gasteiger partial charge on any atom is 0.239 e. The Hall–Kier alpha value is -2.18. The molecule has 0 spiro atoms.